The molecule has 1 saturated carbocycles. The summed E-state index contributed by atoms with van der Waals surface area (Å²) < 4.78 is 1.93. The molecule has 6 nitrogen and oxygen atoms in total. The van der Waals surface area contributed by atoms with E-state index in [0.29, 0.717) is 5.82 Å². The molecule has 0 atom stereocenters. The normalized spacial score (nSPS) is 18.4. The Balaban J connectivity index is 1.96. The van der Waals surface area contributed by atoms with Crippen LogP contribution in [-0.4, -0.2) is 19.9 Å². The van der Waals surface area contributed by atoms with Crippen LogP contribution in [0.5, 0.6) is 0 Å². The van der Waals surface area contributed by atoms with Gasteiger partial charge in [0.15, 0.2) is 17.3 Å². The number of nitrogen functional groups attached to an aromatic ring is 1. The third kappa shape index (κ3) is 2.35. The number of hydrogen-bond acceptors (Lipinski definition) is 5. The minimum atomic E-state index is 0.102. The van der Waals surface area contributed by atoms with E-state index in [1.807, 2.05) is 16.8 Å². The summed E-state index contributed by atoms with van der Waals surface area (Å²) >= 11 is 0. The second kappa shape index (κ2) is 4.70. The fourth-order valence-corrected chi connectivity index (χ4v) is 2.83. The molecule has 0 aliphatic heterocycles. The first kappa shape index (κ1) is 12.2. The number of imidazole rings is 1. The van der Waals surface area contributed by atoms with E-state index < -0.39 is 0 Å². The van der Waals surface area contributed by atoms with E-state index in [1.165, 1.54) is 32.1 Å². The molecule has 2 aromatic heterocycles. The Morgan fingerprint density at radius 2 is 2.11 bits per heavy atom. The molecular weight excluding hydrogens is 240 g/mol. The van der Waals surface area contributed by atoms with Crippen molar-refractivity contribution in [2.24, 2.45) is 5.84 Å². The van der Waals surface area contributed by atoms with Crippen LogP contribution in [0, 0.1) is 0 Å². The summed E-state index contributed by atoms with van der Waals surface area (Å²) in [5, 5.41) is 3.57. The van der Waals surface area contributed by atoms with Crippen LogP contribution >= 0.6 is 0 Å². The number of rotatable bonds is 3. The number of anilines is 2. The van der Waals surface area contributed by atoms with E-state index in [1.54, 1.807) is 6.20 Å². The van der Waals surface area contributed by atoms with Crippen molar-refractivity contribution in [3.8, 4) is 0 Å². The molecule has 102 valence electrons. The third-order valence-corrected chi connectivity index (χ3v) is 3.90. The predicted molar refractivity (Wildman–Crippen MR) is 75.9 cm³/mol. The second-order valence-electron chi connectivity index (χ2n) is 5.52. The fourth-order valence-electron chi connectivity index (χ4n) is 2.83. The first-order chi connectivity index (χ1) is 9.20. The summed E-state index contributed by atoms with van der Waals surface area (Å²) in [6.07, 6.45) is 11.7. The lowest BCUT2D eigenvalue weighted by atomic mass is 9.83. The van der Waals surface area contributed by atoms with Crippen molar-refractivity contribution in [2.45, 2.75) is 44.6 Å². The number of nitrogens with two attached hydrogens (primary N) is 1. The summed E-state index contributed by atoms with van der Waals surface area (Å²) in [6.45, 7) is 2.26. The summed E-state index contributed by atoms with van der Waals surface area (Å²) in [7, 11) is 0. The molecule has 1 aliphatic carbocycles. The van der Waals surface area contributed by atoms with Crippen molar-refractivity contribution in [2.75, 3.05) is 10.7 Å². The second-order valence-corrected chi connectivity index (χ2v) is 5.52. The topological polar surface area (TPSA) is 80.3 Å². The highest BCUT2D eigenvalue weighted by molar-refractivity contribution is 5.66. The molecule has 2 aromatic rings. The van der Waals surface area contributed by atoms with Crippen LogP contribution in [0.4, 0.5) is 11.6 Å². The van der Waals surface area contributed by atoms with E-state index in [2.05, 4.69) is 27.6 Å². The molecular formula is C13H20N6. The van der Waals surface area contributed by atoms with Crippen LogP contribution < -0.4 is 16.6 Å². The molecule has 3 rings (SSSR count). The molecule has 0 bridgehead atoms. The monoisotopic (exact) mass is 260 g/mol. The minimum Gasteiger partial charge on any atom is -0.362 e. The van der Waals surface area contributed by atoms with Crippen molar-refractivity contribution >= 4 is 17.3 Å². The average Bonchev–Trinajstić information content (AvgIpc) is 2.87. The zero-order valence-electron chi connectivity index (χ0n) is 11.2. The number of hydrazine groups is 1. The molecule has 1 fully saturated rings. The first-order valence-corrected chi connectivity index (χ1v) is 6.79. The SMILES string of the molecule is CC1(Nc2nc(NN)cn3ccnc23)CCCCC1. The van der Waals surface area contributed by atoms with Gasteiger partial charge in [-0.1, -0.05) is 19.3 Å². The van der Waals surface area contributed by atoms with Gasteiger partial charge >= 0.3 is 0 Å². The van der Waals surface area contributed by atoms with E-state index in [4.69, 9.17) is 5.84 Å². The predicted octanol–water partition coefficient (Wildman–Crippen LogP) is 2.15. The van der Waals surface area contributed by atoms with Crippen molar-refractivity contribution in [1.82, 2.24) is 14.4 Å². The minimum absolute atomic E-state index is 0.102. The summed E-state index contributed by atoms with van der Waals surface area (Å²) in [5.74, 6) is 6.90. The van der Waals surface area contributed by atoms with E-state index in [9.17, 15) is 0 Å². The largest absolute Gasteiger partial charge is 0.362 e. The fraction of sp³-hybridized carbons (Fsp3) is 0.538. The zero-order chi connectivity index (χ0) is 13.3. The van der Waals surface area contributed by atoms with Gasteiger partial charge in [-0.25, -0.2) is 15.8 Å². The molecule has 1 aliphatic rings. The van der Waals surface area contributed by atoms with E-state index in [0.717, 1.165) is 11.5 Å². The van der Waals surface area contributed by atoms with Gasteiger partial charge in [-0.2, -0.15) is 0 Å². The van der Waals surface area contributed by atoms with Crippen LogP contribution in [0.3, 0.4) is 0 Å². The molecule has 0 saturated heterocycles. The maximum absolute atomic E-state index is 5.47. The molecule has 2 heterocycles. The number of aromatic nitrogens is 3. The van der Waals surface area contributed by atoms with Crippen molar-refractivity contribution in [3.63, 3.8) is 0 Å². The van der Waals surface area contributed by atoms with Crippen LogP contribution in [0.1, 0.15) is 39.0 Å². The van der Waals surface area contributed by atoms with Gasteiger partial charge in [-0.05, 0) is 19.8 Å². The van der Waals surface area contributed by atoms with Gasteiger partial charge in [-0.15, -0.1) is 0 Å². The quantitative estimate of drug-likeness (QED) is 0.582. The Morgan fingerprint density at radius 1 is 1.32 bits per heavy atom. The van der Waals surface area contributed by atoms with Gasteiger partial charge in [0.2, 0.25) is 0 Å². The zero-order valence-corrected chi connectivity index (χ0v) is 11.2. The summed E-state index contributed by atoms with van der Waals surface area (Å²) in [4.78, 5) is 8.86. The van der Waals surface area contributed by atoms with Crippen LogP contribution in [0.25, 0.3) is 5.65 Å². The van der Waals surface area contributed by atoms with Crippen LogP contribution in [0.2, 0.25) is 0 Å². The Labute approximate surface area is 112 Å². The third-order valence-electron chi connectivity index (χ3n) is 3.90. The van der Waals surface area contributed by atoms with Crippen molar-refractivity contribution in [3.05, 3.63) is 18.6 Å². The molecule has 6 heteroatoms. The highest BCUT2D eigenvalue weighted by Crippen LogP contribution is 2.31. The summed E-state index contributed by atoms with van der Waals surface area (Å²) in [5.41, 5.74) is 3.54. The smallest absolute Gasteiger partial charge is 0.180 e. The lowest BCUT2D eigenvalue weighted by molar-refractivity contribution is 0.349. The maximum Gasteiger partial charge on any atom is 0.180 e. The summed E-state index contributed by atoms with van der Waals surface area (Å²) in [6, 6.07) is 0. The molecule has 0 aromatic carbocycles. The molecule has 4 N–H and O–H groups in total. The van der Waals surface area contributed by atoms with E-state index in [-0.39, 0.29) is 5.54 Å². The van der Waals surface area contributed by atoms with Crippen LogP contribution in [-0.2, 0) is 0 Å². The number of hydrogen-bond donors (Lipinski definition) is 3. The first-order valence-electron chi connectivity index (χ1n) is 6.79. The van der Waals surface area contributed by atoms with E-state index >= 15 is 0 Å². The average molecular weight is 260 g/mol. The molecule has 19 heavy (non-hydrogen) atoms. The van der Waals surface area contributed by atoms with Gasteiger partial charge in [0.05, 0.1) is 6.20 Å². The maximum atomic E-state index is 5.47. The van der Waals surface area contributed by atoms with Crippen molar-refractivity contribution in [1.29, 1.82) is 0 Å². The Morgan fingerprint density at radius 3 is 2.84 bits per heavy atom. The Bertz CT molecular complexity index is 570. The lowest BCUT2D eigenvalue weighted by Crippen LogP contribution is -2.37. The highest BCUT2D eigenvalue weighted by atomic mass is 15.3. The highest BCUT2D eigenvalue weighted by Gasteiger charge is 2.27. The molecule has 0 unspecified atom stereocenters. The van der Waals surface area contributed by atoms with Crippen LogP contribution in [0.15, 0.2) is 18.6 Å². The van der Waals surface area contributed by atoms with Gasteiger partial charge in [0.25, 0.3) is 0 Å². The van der Waals surface area contributed by atoms with Gasteiger partial charge in [-0.3, -0.25) is 0 Å². The van der Waals surface area contributed by atoms with Gasteiger partial charge in [0, 0.05) is 17.9 Å². The number of nitrogens with zero attached hydrogens (tertiary/aromatic N) is 3. The number of fused-ring (bicyclic) bond motifs is 1. The lowest BCUT2D eigenvalue weighted by Gasteiger charge is -2.35. The van der Waals surface area contributed by atoms with Gasteiger partial charge < -0.3 is 15.1 Å². The molecule has 0 radical (unpaired) electrons. The number of nitrogens with one attached hydrogen (secondary N) is 2. The standard InChI is InChI=1S/C13H20N6/c1-13(5-3-2-4-6-13)17-11-12-15-7-8-19(12)9-10(16-11)18-14/h7-9,18H,2-6,14H2,1H3,(H,16,17). The molecule has 0 amide bonds. The Hall–Kier alpha value is -1.82. The van der Waals surface area contributed by atoms with Crippen molar-refractivity contribution < 1.29 is 0 Å². The Kier molecular flexibility index (Phi) is 3.02. The van der Waals surface area contributed by atoms with Gasteiger partial charge in [0.1, 0.15) is 0 Å². The molecule has 0 spiro atoms.